The van der Waals surface area contributed by atoms with Gasteiger partial charge in [-0.25, -0.2) is 9.48 Å². The molecule has 0 bridgehead atoms. The first-order valence-electron chi connectivity index (χ1n) is 15.8. The molecule has 6 rings (SSSR count). The molecule has 9 nitrogen and oxygen atoms in total. The van der Waals surface area contributed by atoms with Crippen molar-refractivity contribution in [3.05, 3.63) is 108 Å². The number of aromatic hydroxyl groups is 1. The van der Waals surface area contributed by atoms with Crippen LogP contribution in [-0.2, 0) is 24.1 Å². The van der Waals surface area contributed by atoms with Gasteiger partial charge in [-0.2, -0.15) is 0 Å². The third-order valence-corrected chi connectivity index (χ3v) is 8.78. The Morgan fingerprint density at radius 3 is 2.25 bits per heavy atom. The van der Waals surface area contributed by atoms with Crippen molar-refractivity contribution >= 4 is 11.8 Å². The summed E-state index contributed by atoms with van der Waals surface area (Å²) in [6, 6.07) is 27.6. The van der Waals surface area contributed by atoms with Gasteiger partial charge >= 0.3 is 6.09 Å². The maximum atomic E-state index is 13.2. The quantitative estimate of drug-likeness (QED) is 0.241. The maximum Gasteiger partial charge on any atom is 0.407 e. The highest BCUT2D eigenvalue weighted by Gasteiger charge is 2.29. The molecule has 1 aliphatic heterocycles. The number of nitrogens with zero attached hydrogens (tertiary/aromatic N) is 5. The molecular formula is C35H42N6O3. The molecule has 2 fully saturated rings. The van der Waals surface area contributed by atoms with E-state index >= 15 is 0 Å². The summed E-state index contributed by atoms with van der Waals surface area (Å²) in [5, 5.41) is 22.3. The number of hydrogen-bond acceptors (Lipinski definition) is 7. The van der Waals surface area contributed by atoms with Crippen molar-refractivity contribution in [2.24, 2.45) is 0 Å². The molecule has 44 heavy (non-hydrogen) atoms. The lowest BCUT2D eigenvalue weighted by Gasteiger charge is -2.35. The van der Waals surface area contributed by atoms with Gasteiger partial charge in [-0.1, -0.05) is 71.9 Å². The van der Waals surface area contributed by atoms with E-state index in [0.717, 1.165) is 68.8 Å². The van der Waals surface area contributed by atoms with Crippen LogP contribution in [0.4, 0.5) is 10.5 Å². The van der Waals surface area contributed by atoms with Gasteiger partial charge in [0.25, 0.3) is 0 Å². The number of piperazine rings is 1. The van der Waals surface area contributed by atoms with Crippen LogP contribution in [0.1, 0.15) is 48.5 Å². The van der Waals surface area contributed by atoms with Crippen LogP contribution in [0, 0.1) is 0 Å². The van der Waals surface area contributed by atoms with E-state index in [2.05, 4.69) is 49.7 Å². The SMILES string of the molecule is O=C(N[C@@H](Cc1ccccc1)[C@H](Cc1ccccc1)n1cc(CN2CCN(c3cccc(O)c3)CC2)nn1)OC1CCCC1. The highest BCUT2D eigenvalue weighted by atomic mass is 16.6. The molecule has 1 amide bonds. The number of phenolic OH excluding ortho intramolecular Hbond substituents is 1. The van der Waals surface area contributed by atoms with Gasteiger partial charge in [0.05, 0.1) is 24.0 Å². The van der Waals surface area contributed by atoms with E-state index in [4.69, 9.17) is 4.74 Å². The summed E-state index contributed by atoms with van der Waals surface area (Å²) in [4.78, 5) is 17.9. The Kier molecular flexibility index (Phi) is 9.72. The van der Waals surface area contributed by atoms with Crippen molar-refractivity contribution < 1.29 is 14.6 Å². The Hall–Kier alpha value is -4.37. The van der Waals surface area contributed by atoms with Crippen LogP contribution in [0.3, 0.4) is 0 Å². The number of aromatic nitrogens is 3. The molecule has 1 aliphatic carbocycles. The Morgan fingerprint density at radius 2 is 1.57 bits per heavy atom. The molecule has 2 aliphatic rings. The van der Waals surface area contributed by atoms with Gasteiger partial charge in [-0.3, -0.25) is 4.90 Å². The highest BCUT2D eigenvalue weighted by molar-refractivity contribution is 5.68. The average molecular weight is 595 g/mol. The minimum absolute atomic E-state index is 0.00836. The molecule has 2 atom stereocenters. The van der Waals surface area contributed by atoms with Crippen LogP contribution in [-0.4, -0.2) is 69.4 Å². The summed E-state index contributed by atoms with van der Waals surface area (Å²) in [7, 11) is 0. The summed E-state index contributed by atoms with van der Waals surface area (Å²) in [5.41, 5.74) is 4.26. The monoisotopic (exact) mass is 594 g/mol. The van der Waals surface area contributed by atoms with E-state index in [-0.39, 0.29) is 24.3 Å². The number of amides is 1. The van der Waals surface area contributed by atoms with Crippen molar-refractivity contribution in [1.82, 2.24) is 25.2 Å². The fourth-order valence-corrected chi connectivity index (χ4v) is 6.40. The maximum absolute atomic E-state index is 13.2. The van der Waals surface area contributed by atoms with Gasteiger partial charge in [-0.15, -0.1) is 5.10 Å². The first-order valence-corrected chi connectivity index (χ1v) is 15.8. The first kappa shape index (κ1) is 29.7. The topological polar surface area (TPSA) is 95.8 Å². The van der Waals surface area contributed by atoms with Crippen LogP contribution in [0.15, 0.2) is 91.1 Å². The van der Waals surface area contributed by atoms with E-state index < -0.39 is 0 Å². The van der Waals surface area contributed by atoms with Crippen molar-refractivity contribution in [3.63, 3.8) is 0 Å². The molecule has 1 saturated heterocycles. The second-order valence-electron chi connectivity index (χ2n) is 12.0. The highest BCUT2D eigenvalue weighted by Crippen LogP contribution is 2.25. The molecule has 1 aromatic heterocycles. The zero-order valence-corrected chi connectivity index (χ0v) is 25.2. The van der Waals surface area contributed by atoms with Gasteiger partial charge in [0, 0.05) is 44.5 Å². The number of alkyl carbamates (subject to hydrolysis) is 1. The molecule has 9 heteroatoms. The Balaban J connectivity index is 1.18. The second kappa shape index (κ2) is 14.4. The van der Waals surface area contributed by atoms with Crippen LogP contribution in [0.2, 0.25) is 0 Å². The van der Waals surface area contributed by atoms with Crippen LogP contribution in [0.25, 0.3) is 0 Å². The van der Waals surface area contributed by atoms with E-state index in [1.54, 1.807) is 6.07 Å². The van der Waals surface area contributed by atoms with Crippen LogP contribution in [0.5, 0.6) is 5.75 Å². The van der Waals surface area contributed by atoms with E-state index in [1.807, 2.05) is 65.5 Å². The van der Waals surface area contributed by atoms with Crippen molar-refractivity contribution in [3.8, 4) is 5.75 Å². The molecule has 2 N–H and O–H groups in total. The zero-order valence-electron chi connectivity index (χ0n) is 25.2. The number of carbonyl (C=O) groups excluding carboxylic acids is 1. The molecule has 2 heterocycles. The van der Waals surface area contributed by atoms with E-state index in [9.17, 15) is 9.90 Å². The largest absolute Gasteiger partial charge is 0.508 e. The molecule has 3 aromatic carbocycles. The van der Waals surface area contributed by atoms with Gasteiger partial charge in [0.15, 0.2) is 0 Å². The lowest BCUT2D eigenvalue weighted by molar-refractivity contribution is 0.0946. The lowest BCUT2D eigenvalue weighted by Crippen LogP contribution is -2.46. The van der Waals surface area contributed by atoms with Crippen molar-refractivity contribution in [2.45, 2.75) is 63.3 Å². The molecule has 4 aromatic rings. The third-order valence-electron chi connectivity index (χ3n) is 8.78. The Bertz CT molecular complexity index is 1470. The molecule has 0 spiro atoms. The summed E-state index contributed by atoms with van der Waals surface area (Å²) in [5.74, 6) is 0.290. The minimum Gasteiger partial charge on any atom is -0.508 e. The van der Waals surface area contributed by atoms with Crippen molar-refractivity contribution in [2.75, 3.05) is 31.1 Å². The summed E-state index contributed by atoms with van der Waals surface area (Å²) >= 11 is 0. The number of rotatable bonds is 11. The van der Waals surface area contributed by atoms with Gasteiger partial charge in [0.1, 0.15) is 11.9 Å². The number of nitrogens with one attached hydrogen (secondary N) is 1. The van der Waals surface area contributed by atoms with E-state index in [0.29, 0.717) is 25.1 Å². The number of carbonyl (C=O) groups is 1. The number of ether oxygens (including phenoxy) is 1. The number of benzene rings is 3. The number of phenols is 1. The fraction of sp³-hybridized carbons (Fsp3) is 0.400. The standard InChI is InChI=1S/C35H42N6O3/c42-31-15-9-14-30(24-31)40-20-18-39(19-21-40)25-29-26-41(38-37-29)34(23-28-12-5-2-6-13-28)33(22-27-10-3-1-4-11-27)36-35(43)44-32-16-7-8-17-32/h1-6,9-15,24,26,32-34,42H,7-8,16-23,25H2,(H,36,43)/t33-,34-/m0/s1. The number of hydrogen-bond donors (Lipinski definition) is 2. The average Bonchev–Trinajstić information content (AvgIpc) is 3.73. The molecule has 1 saturated carbocycles. The predicted molar refractivity (Wildman–Crippen MR) is 171 cm³/mol. The normalized spacial score (nSPS) is 17.3. The number of anilines is 1. The molecule has 230 valence electrons. The third kappa shape index (κ3) is 7.96. The van der Waals surface area contributed by atoms with Crippen LogP contribution < -0.4 is 10.2 Å². The van der Waals surface area contributed by atoms with Gasteiger partial charge in [-0.05, 0) is 61.8 Å². The van der Waals surface area contributed by atoms with Gasteiger partial charge < -0.3 is 20.1 Å². The van der Waals surface area contributed by atoms with Gasteiger partial charge in [0.2, 0.25) is 0 Å². The smallest absolute Gasteiger partial charge is 0.407 e. The van der Waals surface area contributed by atoms with E-state index in [1.165, 1.54) is 5.56 Å². The fourth-order valence-electron chi connectivity index (χ4n) is 6.40. The summed E-state index contributed by atoms with van der Waals surface area (Å²) in [6.07, 6.45) is 7.07. The second-order valence-corrected chi connectivity index (χ2v) is 12.0. The zero-order chi connectivity index (χ0) is 30.1. The summed E-state index contributed by atoms with van der Waals surface area (Å²) < 4.78 is 7.79. The lowest BCUT2D eigenvalue weighted by atomic mass is 9.94. The van der Waals surface area contributed by atoms with Crippen molar-refractivity contribution in [1.29, 1.82) is 0 Å². The molecule has 0 radical (unpaired) electrons. The first-order chi connectivity index (χ1) is 21.6. The Labute approximate surface area is 259 Å². The predicted octanol–water partition coefficient (Wildman–Crippen LogP) is 5.37. The van der Waals surface area contributed by atoms with Crippen LogP contribution >= 0.6 is 0 Å². The minimum atomic E-state index is -0.360. The Morgan fingerprint density at radius 1 is 0.886 bits per heavy atom. The molecular weight excluding hydrogens is 552 g/mol. The summed E-state index contributed by atoms with van der Waals surface area (Å²) in [6.45, 7) is 4.23. The molecule has 0 unspecified atom stereocenters.